The maximum Gasteiger partial charge on any atom is 0.262 e. The number of carbonyl (C=O) groups is 1. The largest absolute Gasteiger partial charge is 0.484 e. The fourth-order valence-electron chi connectivity index (χ4n) is 2.53. The minimum atomic E-state index is -0.254. The van der Waals surface area contributed by atoms with E-state index in [1.165, 1.54) is 0 Å². The third-order valence-electron chi connectivity index (χ3n) is 3.73. The lowest BCUT2D eigenvalue weighted by molar-refractivity contribution is -0.118. The summed E-state index contributed by atoms with van der Waals surface area (Å²) in [6.07, 6.45) is 0. The van der Waals surface area contributed by atoms with Gasteiger partial charge in [0.2, 0.25) is 0 Å². The Kier molecular flexibility index (Phi) is 6.02. The molecular formula is C18H18Cl2N2O3. The molecule has 7 heteroatoms. The van der Waals surface area contributed by atoms with Gasteiger partial charge in [-0.1, -0.05) is 23.2 Å². The van der Waals surface area contributed by atoms with Crippen LogP contribution in [0.25, 0.3) is 0 Å². The molecule has 2 aromatic carbocycles. The number of rotatable bonds is 5. The summed E-state index contributed by atoms with van der Waals surface area (Å²) in [5, 5.41) is 3.72. The van der Waals surface area contributed by atoms with E-state index in [0.29, 0.717) is 15.8 Å². The zero-order valence-corrected chi connectivity index (χ0v) is 15.0. The smallest absolute Gasteiger partial charge is 0.262 e. The molecule has 132 valence electrons. The zero-order chi connectivity index (χ0) is 17.6. The van der Waals surface area contributed by atoms with Gasteiger partial charge in [-0.15, -0.1) is 0 Å². The van der Waals surface area contributed by atoms with Crippen LogP contribution in [0.15, 0.2) is 42.5 Å². The SMILES string of the molecule is O=C(COc1cc(Cl)cc(Cl)c1)Nc1ccc(N2CCOCC2)cc1. The number of hydrogen-bond donors (Lipinski definition) is 1. The number of nitrogens with one attached hydrogen (secondary N) is 1. The van der Waals surface area contributed by atoms with E-state index in [9.17, 15) is 4.79 Å². The number of ether oxygens (including phenoxy) is 2. The van der Waals surface area contributed by atoms with Crippen molar-refractivity contribution < 1.29 is 14.3 Å². The number of halogens is 2. The maximum atomic E-state index is 12.0. The number of hydrogen-bond acceptors (Lipinski definition) is 4. The Bertz CT molecular complexity index is 711. The van der Waals surface area contributed by atoms with Gasteiger partial charge in [-0.3, -0.25) is 4.79 Å². The molecule has 0 saturated carbocycles. The molecule has 1 aliphatic heterocycles. The fourth-order valence-corrected chi connectivity index (χ4v) is 3.04. The minimum Gasteiger partial charge on any atom is -0.484 e. The molecule has 3 rings (SSSR count). The van der Waals surface area contributed by atoms with Crippen LogP contribution >= 0.6 is 23.2 Å². The second-order valence-electron chi connectivity index (χ2n) is 5.59. The average molecular weight is 381 g/mol. The Balaban J connectivity index is 1.52. The van der Waals surface area contributed by atoms with Crippen molar-refractivity contribution in [3.05, 3.63) is 52.5 Å². The van der Waals surface area contributed by atoms with Crippen LogP contribution in [0, 0.1) is 0 Å². The van der Waals surface area contributed by atoms with Crippen LogP contribution < -0.4 is 15.0 Å². The van der Waals surface area contributed by atoms with E-state index < -0.39 is 0 Å². The summed E-state index contributed by atoms with van der Waals surface area (Å²) in [5.74, 6) is 0.200. The predicted octanol–water partition coefficient (Wildman–Crippen LogP) is 3.85. The Morgan fingerprint density at radius 1 is 1.08 bits per heavy atom. The van der Waals surface area contributed by atoms with Crippen molar-refractivity contribution in [3.63, 3.8) is 0 Å². The molecule has 1 saturated heterocycles. The molecule has 1 N–H and O–H groups in total. The Morgan fingerprint density at radius 3 is 2.36 bits per heavy atom. The van der Waals surface area contributed by atoms with E-state index in [-0.39, 0.29) is 12.5 Å². The summed E-state index contributed by atoms with van der Waals surface area (Å²) in [6, 6.07) is 12.5. The third-order valence-corrected chi connectivity index (χ3v) is 4.17. The van der Waals surface area contributed by atoms with Crippen molar-refractivity contribution in [2.45, 2.75) is 0 Å². The summed E-state index contributed by atoms with van der Waals surface area (Å²) in [7, 11) is 0. The average Bonchev–Trinajstić information content (AvgIpc) is 2.61. The van der Waals surface area contributed by atoms with Crippen molar-refractivity contribution in [3.8, 4) is 5.75 Å². The Morgan fingerprint density at radius 2 is 1.72 bits per heavy atom. The molecule has 1 fully saturated rings. The van der Waals surface area contributed by atoms with Gasteiger partial charge >= 0.3 is 0 Å². The van der Waals surface area contributed by atoms with Crippen molar-refractivity contribution in [1.29, 1.82) is 0 Å². The first kappa shape index (κ1) is 17.9. The van der Waals surface area contributed by atoms with E-state index in [2.05, 4.69) is 10.2 Å². The highest BCUT2D eigenvalue weighted by molar-refractivity contribution is 6.34. The second-order valence-corrected chi connectivity index (χ2v) is 6.46. The quantitative estimate of drug-likeness (QED) is 0.855. The predicted molar refractivity (Wildman–Crippen MR) is 100 cm³/mol. The van der Waals surface area contributed by atoms with Crippen LogP contribution in [0.1, 0.15) is 0 Å². The standard InChI is InChI=1S/C18H18Cl2N2O3/c19-13-9-14(20)11-17(10-13)25-12-18(23)21-15-1-3-16(4-2-15)22-5-7-24-8-6-22/h1-4,9-11H,5-8,12H2,(H,21,23). The summed E-state index contributed by atoms with van der Waals surface area (Å²) in [5.41, 5.74) is 1.83. The van der Waals surface area contributed by atoms with Gasteiger partial charge in [0.25, 0.3) is 5.91 Å². The summed E-state index contributed by atoms with van der Waals surface area (Å²) in [6.45, 7) is 3.11. The van der Waals surface area contributed by atoms with E-state index >= 15 is 0 Å². The Hall–Kier alpha value is -1.95. The van der Waals surface area contributed by atoms with Crippen LogP contribution in [0.4, 0.5) is 11.4 Å². The van der Waals surface area contributed by atoms with Crippen LogP contribution in [0.3, 0.4) is 0 Å². The number of nitrogens with zero attached hydrogens (tertiary/aromatic N) is 1. The molecule has 0 atom stereocenters. The maximum absolute atomic E-state index is 12.0. The molecule has 0 unspecified atom stereocenters. The molecule has 0 aromatic heterocycles. The van der Waals surface area contributed by atoms with E-state index in [4.69, 9.17) is 32.7 Å². The number of benzene rings is 2. The van der Waals surface area contributed by atoms with Crippen molar-refractivity contribution in [2.24, 2.45) is 0 Å². The zero-order valence-electron chi connectivity index (χ0n) is 13.5. The van der Waals surface area contributed by atoms with Gasteiger partial charge in [-0.2, -0.15) is 0 Å². The first-order valence-electron chi connectivity index (χ1n) is 7.92. The highest BCUT2D eigenvalue weighted by atomic mass is 35.5. The molecular weight excluding hydrogens is 363 g/mol. The van der Waals surface area contributed by atoms with Crippen molar-refractivity contribution in [2.75, 3.05) is 43.1 Å². The van der Waals surface area contributed by atoms with E-state index in [1.54, 1.807) is 18.2 Å². The normalized spacial score (nSPS) is 14.2. The summed E-state index contributed by atoms with van der Waals surface area (Å²) >= 11 is 11.8. The fraction of sp³-hybridized carbons (Fsp3) is 0.278. The monoisotopic (exact) mass is 380 g/mol. The molecule has 5 nitrogen and oxygen atoms in total. The van der Waals surface area contributed by atoms with Gasteiger partial charge < -0.3 is 19.7 Å². The number of amides is 1. The van der Waals surface area contributed by atoms with Gasteiger partial charge in [-0.05, 0) is 42.5 Å². The van der Waals surface area contributed by atoms with E-state index in [0.717, 1.165) is 37.7 Å². The molecule has 2 aromatic rings. The molecule has 1 aliphatic rings. The van der Waals surface area contributed by atoms with Crippen molar-refractivity contribution >= 4 is 40.5 Å². The van der Waals surface area contributed by atoms with Crippen LogP contribution in [-0.2, 0) is 9.53 Å². The molecule has 0 bridgehead atoms. The van der Waals surface area contributed by atoms with Gasteiger partial charge in [0.15, 0.2) is 6.61 Å². The number of carbonyl (C=O) groups excluding carboxylic acids is 1. The molecule has 1 amide bonds. The van der Waals surface area contributed by atoms with Crippen LogP contribution in [-0.4, -0.2) is 38.8 Å². The number of morpholine rings is 1. The van der Waals surface area contributed by atoms with Crippen LogP contribution in [0.2, 0.25) is 10.0 Å². The molecule has 1 heterocycles. The Labute approximate surface area is 156 Å². The van der Waals surface area contributed by atoms with Gasteiger partial charge in [0.1, 0.15) is 5.75 Å². The van der Waals surface area contributed by atoms with Crippen LogP contribution in [0.5, 0.6) is 5.75 Å². The first-order chi connectivity index (χ1) is 12.1. The van der Waals surface area contributed by atoms with Gasteiger partial charge in [-0.25, -0.2) is 0 Å². The highest BCUT2D eigenvalue weighted by Gasteiger charge is 2.11. The summed E-state index contributed by atoms with van der Waals surface area (Å²) in [4.78, 5) is 14.3. The van der Waals surface area contributed by atoms with Gasteiger partial charge in [0, 0.05) is 34.5 Å². The lowest BCUT2D eigenvalue weighted by Crippen LogP contribution is -2.36. The highest BCUT2D eigenvalue weighted by Crippen LogP contribution is 2.24. The minimum absolute atomic E-state index is 0.123. The third kappa shape index (κ3) is 5.26. The topological polar surface area (TPSA) is 50.8 Å². The van der Waals surface area contributed by atoms with E-state index in [1.807, 2.05) is 24.3 Å². The lowest BCUT2D eigenvalue weighted by atomic mass is 10.2. The lowest BCUT2D eigenvalue weighted by Gasteiger charge is -2.28. The van der Waals surface area contributed by atoms with Gasteiger partial charge in [0.05, 0.1) is 13.2 Å². The number of anilines is 2. The molecule has 0 aliphatic carbocycles. The second kappa shape index (κ2) is 8.43. The molecule has 0 radical (unpaired) electrons. The molecule has 0 spiro atoms. The van der Waals surface area contributed by atoms with Crippen molar-refractivity contribution in [1.82, 2.24) is 0 Å². The molecule has 25 heavy (non-hydrogen) atoms. The summed E-state index contributed by atoms with van der Waals surface area (Å²) < 4.78 is 10.8. The first-order valence-corrected chi connectivity index (χ1v) is 8.67.